The first-order chi connectivity index (χ1) is 8.74. The van der Waals surface area contributed by atoms with Crippen molar-refractivity contribution < 1.29 is 9.13 Å². The standard InChI is InChI=1S/C15H9FOS/c16-11-7-5-10(6-8-11)9-14-15(18)12-3-1-2-4-13(12)17-14/h1-9H/b14-9-. The van der Waals surface area contributed by atoms with Crippen LogP contribution in [-0.2, 0) is 0 Å². The molecule has 0 spiro atoms. The molecule has 1 aliphatic heterocycles. The van der Waals surface area contributed by atoms with Gasteiger partial charge in [-0.15, -0.1) is 0 Å². The van der Waals surface area contributed by atoms with Gasteiger partial charge in [-0.05, 0) is 35.9 Å². The summed E-state index contributed by atoms with van der Waals surface area (Å²) in [5, 5.41) is 0. The summed E-state index contributed by atoms with van der Waals surface area (Å²) in [4.78, 5) is 0.690. The van der Waals surface area contributed by atoms with Gasteiger partial charge in [0.15, 0.2) is 0 Å². The summed E-state index contributed by atoms with van der Waals surface area (Å²) in [7, 11) is 0. The van der Waals surface area contributed by atoms with E-state index in [-0.39, 0.29) is 5.82 Å². The number of fused-ring (bicyclic) bond motifs is 1. The van der Waals surface area contributed by atoms with Crippen LogP contribution >= 0.6 is 12.2 Å². The van der Waals surface area contributed by atoms with Crippen molar-refractivity contribution in [1.82, 2.24) is 0 Å². The number of rotatable bonds is 1. The SMILES string of the molecule is Fc1ccc(/C=C2\Oc3ccccc3C2=S)cc1. The maximum atomic E-state index is 12.8. The number of benzene rings is 2. The number of ether oxygens (including phenoxy) is 1. The predicted molar refractivity (Wildman–Crippen MR) is 73.1 cm³/mol. The number of hydrogen-bond donors (Lipinski definition) is 0. The molecule has 0 fully saturated rings. The second-order valence-electron chi connectivity index (χ2n) is 3.99. The van der Waals surface area contributed by atoms with Gasteiger partial charge < -0.3 is 4.74 Å². The van der Waals surface area contributed by atoms with Crippen LogP contribution < -0.4 is 4.74 Å². The lowest BCUT2D eigenvalue weighted by molar-refractivity contribution is 0.474. The second-order valence-corrected chi connectivity index (χ2v) is 4.40. The van der Waals surface area contributed by atoms with Crippen LogP contribution in [0.15, 0.2) is 54.3 Å². The smallest absolute Gasteiger partial charge is 0.146 e. The third-order valence-electron chi connectivity index (χ3n) is 2.74. The van der Waals surface area contributed by atoms with Gasteiger partial charge in [-0.3, -0.25) is 0 Å². The van der Waals surface area contributed by atoms with Gasteiger partial charge in [-0.25, -0.2) is 4.39 Å². The molecule has 18 heavy (non-hydrogen) atoms. The largest absolute Gasteiger partial charge is 0.455 e. The maximum absolute atomic E-state index is 12.8. The van der Waals surface area contributed by atoms with Crippen LogP contribution in [0.3, 0.4) is 0 Å². The monoisotopic (exact) mass is 256 g/mol. The van der Waals surface area contributed by atoms with Crippen LogP contribution in [0.25, 0.3) is 6.08 Å². The topological polar surface area (TPSA) is 9.23 Å². The zero-order chi connectivity index (χ0) is 12.5. The molecule has 2 aromatic rings. The Kier molecular flexibility index (Phi) is 2.68. The highest BCUT2D eigenvalue weighted by atomic mass is 32.1. The lowest BCUT2D eigenvalue weighted by atomic mass is 10.1. The van der Waals surface area contributed by atoms with E-state index in [4.69, 9.17) is 17.0 Å². The Balaban J connectivity index is 1.97. The molecule has 1 nitrogen and oxygen atoms in total. The molecule has 0 bridgehead atoms. The quantitative estimate of drug-likeness (QED) is 0.564. The molecular weight excluding hydrogens is 247 g/mol. The average Bonchev–Trinajstić information content (AvgIpc) is 2.70. The lowest BCUT2D eigenvalue weighted by Gasteiger charge is -1.99. The molecule has 3 heteroatoms. The number of hydrogen-bond acceptors (Lipinski definition) is 2. The molecule has 0 unspecified atom stereocenters. The second kappa shape index (κ2) is 4.35. The predicted octanol–water partition coefficient (Wildman–Crippen LogP) is 3.98. The van der Waals surface area contributed by atoms with E-state index >= 15 is 0 Å². The normalized spacial score (nSPS) is 15.6. The van der Waals surface area contributed by atoms with Crippen molar-refractivity contribution in [2.45, 2.75) is 0 Å². The van der Waals surface area contributed by atoms with Crippen LogP contribution in [-0.4, -0.2) is 4.86 Å². The Bertz CT molecular complexity index is 644. The van der Waals surface area contributed by atoms with Crippen molar-refractivity contribution in [3.63, 3.8) is 0 Å². The van der Waals surface area contributed by atoms with Gasteiger partial charge in [-0.2, -0.15) is 0 Å². The summed E-state index contributed by atoms with van der Waals surface area (Å²) >= 11 is 5.35. The molecule has 1 heterocycles. The molecule has 0 aliphatic carbocycles. The summed E-state index contributed by atoms with van der Waals surface area (Å²) in [6, 6.07) is 13.9. The van der Waals surface area contributed by atoms with Crippen molar-refractivity contribution in [3.8, 4) is 5.75 Å². The molecule has 0 amide bonds. The first kappa shape index (κ1) is 11.1. The molecule has 0 N–H and O–H groups in total. The third-order valence-corrected chi connectivity index (χ3v) is 3.16. The molecule has 0 aromatic heterocycles. The molecular formula is C15H9FOS. The molecule has 2 aromatic carbocycles. The zero-order valence-electron chi connectivity index (χ0n) is 9.39. The van der Waals surface area contributed by atoms with E-state index in [0.29, 0.717) is 10.6 Å². The van der Waals surface area contributed by atoms with Gasteiger partial charge in [0, 0.05) is 5.56 Å². The van der Waals surface area contributed by atoms with Crippen molar-refractivity contribution in [2.75, 3.05) is 0 Å². The fourth-order valence-electron chi connectivity index (χ4n) is 1.85. The minimum Gasteiger partial charge on any atom is -0.455 e. The number of para-hydroxylation sites is 1. The van der Waals surface area contributed by atoms with Crippen molar-refractivity contribution >= 4 is 23.2 Å². The van der Waals surface area contributed by atoms with Crippen LogP contribution in [0.4, 0.5) is 4.39 Å². The number of allylic oxidation sites excluding steroid dienone is 1. The summed E-state index contributed by atoms with van der Waals surface area (Å²) in [5.74, 6) is 1.16. The first-order valence-electron chi connectivity index (χ1n) is 5.53. The highest BCUT2D eigenvalue weighted by Gasteiger charge is 2.22. The maximum Gasteiger partial charge on any atom is 0.146 e. The van der Waals surface area contributed by atoms with Gasteiger partial charge >= 0.3 is 0 Å². The molecule has 3 rings (SSSR count). The van der Waals surface area contributed by atoms with E-state index in [1.54, 1.807) is 12.1 Å². The number of thiocarbonyl (C=S) groups is 1. The van der Waals surface area contributed by atoms with E-state index in [9.17, 15) is 4.39 Å². The Labute approximate surface area is 110 Å². The van der Waals surface area contributed by atoms with Crippen LogP contribution in [0, 0.1) is 5.82 Å². The van der Waals surface area contributed by atoms with Gasteiger partial charge in [0.25, 0.3) is 0 Å². The Morgan fingerprint density at radius 1 is 1.00 bits per heavy atom. The van der Waals surface area contributed by atoms with Crippen LogP contribution in [0.5, 0.6) is 5.75 Å². The van der Waals surface area contributed by atoms with Gasteiger partial charge in [-0.1, -0.05) is 36.5 Å². The summed E-state index contributed by atoms with van der Waals surface area (Å²) in [6.45, 7) is 0. The summed E-state index contributed by atoms with van der Waals surface area (Å²) in [5.41, 5.74) is 1.79. The van der Waals surface area contributed by atoms with E-state index in [1.165, 1.54) is 12.1 Å². The Hall–Kier alpha value is -2.00. The van der Waals surface area contributed by atoms with Crippen molar-refractivity contribution in [1.29, 1.82) is 0 Å². The average molecular weight is 256 g/mol. The highest BCUT2D eigenvalue weighted by molar-refractivity contribution is 7.81. The Morgan fingerprint density at radius 3 is 2.44 bits per heavy atom. The van der Waals surface area contributed by atoms with E-state index in [1.807, 2.05) is 30.3 Å². The Morgan fingerprint density at radius 2 is 1.72 bits per heavy atom. The lowest BCUT2D eigenvalue weighted by Crippen LogP contribution is -1.96. The fourth-order valence-corrected chi connectivity index (χ4v) is 2.12. The fraction of sp³-hybridized carbons (Fsp3) is 0. The van der Waals surface area contributed by atoms with Crippen molar-refractivity contribution in [2.24, 2.45) is 0 Å². The van der Waals surface area contributed by atoms with Gasteiger partial charge in [0.1, 0.15) is 17.3 Å². The molecule has 88 valence electrons. The zero-order valence-corrected chi connectivity index (χ0v) is 10.2. The first-order valence-corrected chi connectivity index (χ1v) is 5.94. The van der Waals surface area contributed by atoms with Crippen LogP contribution in [0.1, 0.15) is 11.1 Å². The minimum absolute atomic E-state index is 0.254. The van der Waals surface area contributed by atoms with Crippen molar-refractivity contribution in [3.05, 3.63) is 71.2 Å². The molecule has 0 radical (unpaired) electrons. The van der Waals surface area contributed by atoms with Gasteiger partial charge in [0.05, 0.1) is 4.86 Å². The van der Waals surface area contributed by atoms with E-state index in [2.05, 4.69) is 0 Å². The van der Waals surface area contributed by atoms with Gasteiger partial charge in [0.2, 0.25) is 0 Å². The minimum atomic E-state index is -0.254. The molecule has 1 aliphatic rings. The van der Waals surface area contributed by atoms with E-state index < -0.39 is 0 Å². The van der Waals surface area contributed by atoms with Crippen LogP contribution in [0.2, 0.25) is 0 Å². The third kappa shape index (κ3) is 1.93. The summed E-state index contributed by atoms with van der Waals surface area (Å²) in [6.07, 6.45) is 1.82. The highest BCUT2D eigenvalue weighted by Crippen LogP contribution is 2.32. The molecule has 0 atom stereocenters. The summed E-state index contributed by atoms with van der Waals surface area (Å²) < 4.78 is 18.5. The molecule has 0 saturated carbocycles. The number of halogens is 1. The van der Waals surface area contributed by atoms with E-state index in [0.717, 1.165) is 16.9 Å². The molecule has 0 saturated heterocycles.